The first-order valence-electron chi connectivity index (χ1n) is 6.03. The van der Waals surface area contributed by atoms with Gasteiger partial charge in [-0.3, -0.25) is 0 Å². The Labute approximate surface area is 97.7 Å². The molecule has 0 aliphatic carbocycles. The summed E-state index contributed by atoms with van der Waals surface area (Å²) >= 11 is 0. The van der Waals surface area contributed by atoms with E-state index in [2.05, 4.69) is 30.9 Å². The maximum absolute atomic E-state index is 9.32. The first-order valence-corrected chi connectivity index (χ1v) is 6.03. The molecule has 0 bridgehead atoms. The second-order valence-corrected chi connectivity index (χ2v) is 5.15. The molecule has 0 aromatic carbocycles. The van der Waals surface area contributed by atoms with Gasteiger partial charge < -0.3 is 5.11 Å². The Morgan fingerprint density at radius 1 is 1.31 bits per heavy atom. The molecule has 1 aromatic rings. The van der Waals surface area contributed by atoms with Crippen LogP contribution in [-0.4, -0.2) is 26.0 Å². The van der Waals surface area contributed by atoms with E-state index in [0.717, 1.165) is 25.2 Å². The molecule has 0 radical (unpaired) electrons. The number of hydrogen-bond donors (Lipinski definition) is 1. The topological polar surface area (TPSA) is 50.9 Å². The van der Waals surface area contributed by atoms with E-state index in [0.29, 0.717) is 11.8 Å². The highest BCUT2D eigenvalue weighted by atomic mass is 16.3. The van der Waals surface area contributed by atoms with Gasteiger partial charge in [0.2, 0.25) is 0 Å². The van der Waals surface area contributed by atoms with Gasteiger partial charge in [0.25, 0.3) is 0 Å². The van der Waals surface area contributed by atoms with Crippen molar-refractivity contribution in [2.75, 3.05) is 0 Å². The number of hydrogen-bond acceptors (Lipinski definition) is 3. The molecular weight excluding hydrogens is 202 g/mol. The number of aliphatic hydroxyl groups excluding tert-OH is 1. The largest absolute Gasteiger partial charge is 0.393 e. The Morgan fingerprint density at radius 3 is 2.56 bits per heavy atom. The van der Waals surface area contributed by atoms with Crippen molar-refractivity contribution in [2.24, 2.45) is 11.8 Å². The highest BCUT2D eigenvalue weighted by Gasteiger charge is 2.12. The highest BCUT2D eigenvalue weighted by Crippen LogP contribution is 2.12. The second kappa shape index (κ2) is 5.99. The van der Waals surface area contributed by atoms with Crippen molar-refractivity contribution < 1.29 is 5.11 Å². The van der Waals surface area contributed by atoms with E-state index in [-0.39, 0.29) is 6.10 Å². The van der Waals surface area contributed by atoms with Gasteiger partial charge in [-0.05, 0) is 25.2 Å². The maximum atomic E-state index is 9.32. The number of rotatable bonds is 6. The average Bonchev–Trinajstić information content (AvgIpc) is 2.50. The summed E-state index contributed by atoms with van der Waals surface area (Å²) in [5.41, 5.74) is 0. The molecule has 2 atom stereocenters. The van der Waals surface area contributed by atoms with Crippen molar-refractivity contribution >= 4 is 0 Å². The third-order valence-electron chi connectivity index (χ3n) is 2.51. The van der Waals surface area contributed by atoms with E-state index in [9.17, 15) is 5.11 Å². The summed E-state index contributed by atoms with van der Waals surface area (Å²) in [5, 5.41) is 13.6. The van der Waals surface area contributed by atoms with E-state index in [4.69, 9.17) is 0 Å². The molecule has 0 saturated carbocycles. The number of aromatic nitrogens is 3. The van der Waals surface area contributed by atoms with Gasteiger partial charge in [-0.2, -0.15) is 5.10 Å². The van der Waals surface area contributed by atoms with Gasteiger partial charge in [0.05, 0.1) is 6.10 Å². The quantitative estimate of drug-likeness (QED) is 0.804. The third kappa shape index (κ3) is 4.31. The Hall–Kier alpha value is -0.900. The molecule has 4 nitrogen and oxygen atoms in total. The zero-order valence-corrected chi connectivity index (χ0v) is 10.7. The summed E-state index contributed by atoms with van der Waals surface area (Å²) in [5.74, 6) is 2.05. The van der Waals surface area contributed by atoms with Crippen LogP contribution in [0.5, 0.6) is 0 Å². The monoisotopic (exact) mass is 225 g/mol. The van der Waals surface area contributed by atoms with Crippen LogP contribution in [0.25, 0.3) is 0 Å². The zero-order valence-electron chi connectivity index (χ0n) is 10.7. The van der Waals surface area contributed by atoms with E-state index in [1.807, 2.05) is 11.6 Å². The summed E-state index contributed by atoms with van der Waals surface area (Å²) < 4.78 is 1.98. The predicted octanol–water partition coefficient (Wildman–Crippen LogP) is 1.88. The molecule has 0 aliphatic heterocycles. The third-order valence-corrected chi connectivity index (χ3v) is 2.51. The van der Waals surface area contributed by atoms with Crippen molar-refractivity contribution in [3.05, 3.63) is 12.2 Å². The molecule has 0 aliphatic rings. The van der Waals surface area contributed by atoms with Crippen molar-refractivity contribution in [3.8, 4) is 0 Å². The van der Waals surface area contributed by atoms with Crippen molar-refractivity contribution in [2.45, 2.75) is 53.2 Å². The van der Waals surface area contributed by atoms with Crippen LogP contribution < -0.4 is 0 Å². The molecule has 92 valence electrons. The minimum Gasteiger partial charge on any atom is -0.393 e. The Bertz CT molecular complexity index is 307. The van der Waals surface area contributed by atoms with Crippen molar-refractivity contribution in [1.29, 1.82) is 0 Å². The van der Waals surface area contributed by atoms with Gasteiger partial charge in [-0.1, -0.05) is 20.8 Å². The van der Waals surface area contributed by atoms with Gasteiger partial charge in [-0.25, -0.2) is 9.67 Å². The molecule has 0 saturated heterocycles. The molecule has 4 heteroatoms. The van der Waals surface area contributed by atoms with E-state index in [1.54, 1.807) is 6.33 Å². The summed E-state index contributed by atoms with van der Waals surface area (Å²) in [6, 6.07) is 0. The second-order valence-electron chi connectivity index (χ2n) is 5.15. The molecule has 1 aromatic heterocycles. The lowest BCUT2D eigenvalue weighted by molar-refractivity contribution is 0.163. The summed E-state index contributed by atoms with van der Waals surface area (Å²) in [7, 11) is 0. The normalized spacial score (nSPS) is 15.4. The molecule has 0 amide bonds. The van der Waals surface area contributed by atoms with E-state index in [1.165, 1.54) is 0 Å². The lowest BCUT2D eigenvalue weighted by Crippen LogP contribution is -2.15. The molecule has 1 heterocycles. The Morgan fingerprint density at radius 2 is 2.00 bits per heavy atom. The van der Waals surface area contributed by atoms with Gasteiger partial charge in [0, 0.05) is 13.0 Å². The number of nitrogens with zero attached hydrogens (tertiary/aromatic N) is 3. The summed E-state index contributed by atoms with van der Waals surface area (Å²) in [4.78, 5) is 4.29. The summed E-state index contributed by atoms with van der Waals surface area (Å²) in [6.07, 6.45) is 3.08. The smallest absolute Gasteiger partial charge is 0.138 e. The first kappa shape index (κ1) is 13.2. The first-order chi connectivity index (χ1) is 7.49. The van der Waals surface area contributed by atoms with Crippen LogP contribution in [0.4, 0.5) is 0 Å². The fourth-order valence-corrected chi connectivity index (χ4v) is 1.92. The van der Waals surface area contributed by atoms with Crippen molar-refractivity contribution in [1.82, 2.24) is 14.8 Å². The molecule has 1 rings (SSSR count). The van der Waals surface area contributed by atoms with E-state index < -0.39 is 0 Å². The van der Waals surface area contributed by atoms with Gasteiger partial charge >= 0.3 is 0 Å². The van der Waals surface area contributed by atoms with Crippen LogP contribution in [0, 0.1) is 11.8 Å². The highest BCUT2D eigenvalue weighted by molar-refractivity contribution is 4.87. The lowest BCUT2D eigenvalue weighted by atomic mass is 10.0. The van der Waals surface area contributed by atoms with Crippen molar-refractivity contribution in [3.63, 3.8) is 0 Å². The molecular formula is C12H23N3O. The van der Waals surface area contributed by atoms with Crippen LogP contribution in [-0.2, 0) is 13.0 Å². The molecule has 1 N–H and O–H groups in total. The maximum Gasteiger partial charge on any atom is 0.138 e. The Kier molecular flexibility index (Phi) is 4.93. The van der Waals surface area contributed by atoms with E-state index >= 15 is 0 Å². The molecule has 16 heavy (non-hydrogen) atoms. The molecule has 0 spiro atoms. The van der Waals surface area contributed by atoms with Crippen LogP contribution in [0.3, 0.4) is 0 Å². The predicted molar refractivity (Wildman–Crippen MR) is 64.0 cm³/mol. The van der Waals surface area contributed by atoms with Crippen LogP contribution in [0.1, 0.15) is 39.9 Å². The Balaban J connectivity index is 2.56. The standard InChI is InChI=1S/C12H23N3O/c1-9(2)7-15-12(13-8-14-15)6-10(3)5-11(4)16/h8-11,16H,5-7H2,1-4H3. The van der Waals surface area contributed by atoms with Crippen LogP contribution in [0.2, 0.25) is 0 Å². The summed E-state index contributed by atoms with van der Waals surface area (Å²) in [6.45, 7) is 9.22. The lowest BCUT2D eigenvalue weighted by Gasteiger charge is -2.14. The average molecular weight is 225 g/mol. The molecule has 0 fully saturated rings. The van der Waals surface area contributed by atoms with Crippen LogP contribution >= 0.6 is 0 Å². The fourth-order valence-electron chi connectivity index (χ4n) is 1.92. The minimum atomic E-state index is -0.239. The SMILES string of the molecule is CC(C)Cn1ncnc1CC(C)CC(C)O. The van der Waals surface area contributed by atoms with Gasteiger partial charge in [0.1, 0.15) is 12.2 Å². The molecule has 2 unspecified atom stereocenters. The van der Waals surface area contributed by atoms with Gasteiger partial charge in [-0.15, -0.1) is 0 Å². The fraction of sp³-hybridized carbons (Fsp3) is 0.833. The minimum absolute atomic E-state index is 0.239. The zero-order chi connectivity index (χ0) is 12.1. The number of aliphatic hydroxyl groups is 1. The van der Waals surface area contributed by atoms with Crippen LogP contribution in [0.15, 0.2) is 6.33 Å². The van der Waals surface area contributed by atoms with Gasteiger partial charge in [0.15, 0.2) is 0 Å².